The Morgan fingerprint density at radius 3 is 2.10 bits per heavy atom. The lowest BCUT2D eigenvalue weighted by Gasteiger charge is -2.29. The molecule has 0 atom stereocenters. The van der Waals surface area contributed by atoms with Crippen LogP contribution in [0, 0.1) is 5.82 Å². The molecule has 110 valence electrons. The smallest absolute Gasteiger partial charge is 0.147 e. The SMILES string of the molecule is Fc1cc(-c2cc(Cl)cc(Cl)c2)ccc1N1CCCCC1. The van der Waals surface area contributed by atoms with Crippen molar-refractivity contribution in [2.45, 2.75) is 19.3 Å². The Bertz CT molecular complexity index is 631. The lowest BCUT2D eigenvalue weighted by molar-refractivity contribution is 0.557. The fourth-order valence-electron chi connectivity index (χ4n) is 2.80. The first kappa shape index (κ1) is 14.7. The summed E-state index contributed by atoms with van der Waals surface area (Å²) >= 11 is 12.0. The summed E-state index contributed by atoms with van der Waals surface area (Å²) in [6.07, 6.45) is 3.49. The molecule has 0 bridgehead atoms. The van der Waals surface area contributed by atoms with Crippen molar-refractivity contribution >= 4 is 28.9 Å². The summed E-state index contributed by atoms with van der Waals surface area (Å²) in [6.45, 7) is 1.86. The van der Waals surface area contributed by atoms with Gasteiger partial charge in [0, 0.05) is 23.1 Å². The van der Waals surface area contributed by atoms with Gasteiger partial charge in [-0.05, 0) is 60.7 Å². The summed E-state index contributed by atoms with van der Waals surface area (Å²) < 4.78 is 14.4. The molecule has 2 aromatic rings. The van der Waals surface area contributed by atoms with Gasteiger partial charge in [0.25, 0.3) is 0 Å². The lowest BCUT2D eigenvalue weighted by atomic mass is 10.0. The van der Waals surface area contributed by atoms with Crippen LogP contribution >= 0.6 is 23.2 Å². The number of hydrogen-bond acceptors (Lipinski definition) is 1. The van der Waals surface area contributed by atoms with Crippen molar-refractivity contribution in [2.24, 2.45) is 0 Å². The standard InChI is InChI=1S/C17H16Cl2FN/c18-14-8-13(9-15(19)11-14)12-4-5-17(16(20)10-12)21-6-2-1-3-7-21/h4-5,8-11H,1-3,6-7H2. The van der Waals surface area contributed by atoms with Crippen LogP contribution in [-0.2, 0) is 0 Å². The zero-order valence-electron chi connectivity index (χ0n) is 11.6. The van der Waals surface area contributed by atoms with Crippen LogP contribution in [0.15, 0.2) is 36.4 Å². The summed E-state index contributed by atoms with van der Waals surface area (Å²) in [6, 6.07) is 10.6. The second-order valence-corrected chi connectivity index (χ2v) is 6.24. The molecular weight excluding hydrogens is 308 g/mol. The highest BCUT2D eigenvalue weighted by Gasteiger charge is 2.15. The van der Waals surface area contributed by atoms with Gasteiger partial charge in [0.2, 0.25) is 0 Å². The topological polar surface area (TPSA) is 3.24 Å². The van der Waals surface area contributed by atoms with Crippen LogP contribution in [0.25, 0.3) is 11.1 Å². The molecule has 0 unspecified atom stereocenters. The van der Waals surface area contributed by atoms with Gasteiger partial charge < -0.3 is 4.90 Å². The van der Waals surface area contributed by atoms with E-state index in [1.807, 2.05) is 12.1 Å². The van der Waals surface area contributed by atoms with Gasteiger partial charge in [-0.25, -0.2) is 4.39 Å². The van der Waals surface area contributed by atoms with Crippen LogP contribution in [0.1, 0.15) is 19.3 Å². The van der Waals surface area contributed by atoms with Crippen LogP contribution < -0.4 is 4.90 Å². The highest BCUT2D eigenvalue weighted by atomic mass is 35.5. The van der Waals surface area contributed by atoms with Gasteiger partial charge in [-0.1, -0.05) is 29.3 Å². The predicted molar refractivity (Wildman–Crippen MR) is 87.9 cm³/mol. The first-order valence-electron chi connectivity index (χ1n) is 7.14. The van der Waals surface area contributed by atoms with Gasteiger partial charge in [0.1, 0.15) is 5.82 Å². The molecule has 0 aromatic heterocycles. The van der Waals surface area contributed by atoms with E-state index in [0.717, 1.165) is 37.1 Å². The predicted octanol–water partition coefficient (Wildman–Crippen LogP) is 5.79. The molecule has 1 nitrogen and oxygen atoms in total. The number of benzene rings is 2. The highest BCUT2D eigenvalue weighted by Crippen LogP contribution is 2.31. The van der Waals surface area contributed by atoms with E-state index >= 15 is 0 Å². The van der Waals surface area contributed by atoms with Gasteiger partial charge in [0.15, 0.2) is 0 Å². The van der Waals surface area contributed by atoms with Crippen LogP contribution in [-0.4, -0.2) is 13.1 Å². The molecular formula is C17H16Cl2FN. The summed E-state index contributed by atoms with van der Waals surface area (Å²) in [7, 11) is 0. The maximum absolute atomic E-state index is 14.4. The Morgan fingerprint density at radius 2 is 1.48 bits per heavy atom. The number of anilines is 1. The fraction of sp³-hybridized carbons (Fsp3) is 0.294. The minimum atomic E-state index is -0.189. The molecule has 1 fully saturated rings. The van der Waals surface area contributed by atoms with E-state index in [1.54, 1.807) is 24.3 Å². The number of piperidine rings is 1. The van der Waals surface area contributed by atoms with E-state index in [2.05, 4.69) is 4.90 Å². The minimum absolute atomic E-state index is 0.189. The maximum Gasteiger partial charge on any atom is 0.147 e. The number of hydrogen-bond donors (Lipinski definition) is 0. The van der Waals surface area contributed by atoms with E-state index < -0.39 is 0 Å². The molecule has 2 aromatic carbocycles. The highest BCUT2D eigenvalue weighted by molar-refractivity contribution is 6.35. The van der Waals surface area contributed by atoms with Crippen LogP contribution in [0.4, 0.5) is 10.1 Å². The van der Waals surface area contributed by atoms with Crippen molar-refractivity contribution in [2.75, 3.05) is 18.0 Å². The second kappa shape index (κ2) is 6.25. The first-order valence-corrected chi connectivity index (χ1v) is 7.90. The Balaban J connectivity index is 1.93. The van der Waals surface area contributed by atoms with Crippen molar-refractivity contribution in [3.8, 4) is 11.1 Å². The minimum Gasteiger partial charge on any atom is -0.369 e. The molecule has 0 N–H and O–H groups in total. The number of halogens is 3. The van der Waals surface area contributed by atoms with Crippen LogP contribution in [0.5, 0.6) is 0 Å². The van der Waals surface area contributed by atoms with Gasteiger partial charge in [-0.15, -0.1) is 0 Å². The third kappa shape index (κ3) is 3.33. The van der Waals surface area contributed by atoms with Gasteiger partial charge in [0.05, 0.1) is 5.69 Å². The first-order chi connectivity index (χ1) is 10.1. The van der Waals surface area contributed by atoms with Crippen LogP contribution in [0.2, 0.25) is 10.0 Å². The van der Waals surface area contributed by atoms with E-state index in [9.17, 15) is 4.39 Å². The van der Waals surface area contributed by atoms with Gasteiger partial charge >= 0.3 is 0 Å². The monoisotopic (exact) mass is 323 g/mol. The van der Waals surface area contributed by atoms with Crippen molar-refractivity contribution in [3.05, 3.63) is 52.3 Å². The quantitative estimate of drug-likeness (QED) is 0.676. The van der Waals surface area contributed by atoms with Crippen LogP contribution in [0.3, 0.4) is 0 Å². The molecule has 0 radical (unpaired) electrons. The van der Waals surface area contributed by atoms with Gasteiger partial charge in [-0.2, -0.15) is 0 Å². The van der Waals surface area contributed by atoms with E-state index in [1.165, 1.54) is 6.42 Å². The second-order valence-electron chi connectivity index (χ2n) is 5.37. The summed E-state index contributed by atoms with van der Waals surface area (Å²) in [5.74, 6) is -0.189. The Labute approximate surface area is 134 Å². The summed E-state index contributed by atoms with van der Waals surface area (Å²) in [5.41, 5.74) is 2.31. The molecule has 0 spiro atoms. The third-order valence-corrected chi connectivity index (χ3v) is 4.28. The molecule has 0 aliphatic carbocycles. The van der Waals surface area contributed by atoms with Crippen molar-refractivity contribution < 1.29 is 4.39 Å². The zero-order valence-corrected chi connectivity index (χ0v) is 13.1. The molecule has 0 amide bonds. The van der Waals surface area contributed by atoms with Gasteiger partial charge in [-0.3, -0.25) is 0 Å². The molecule has 4 heteroatoms. The van der Waals surface area contributed by atoms with E-state index in [4.69, 9.17) is 23.2 Å². The molecule has 0 saturated carbocycles. The molecule has 21 heavy (non-hydrogen) atoms. The fourth-order valence-corrected chi connectivity index (χ4v) is 3.32. The third-order valence-electron chi connectivity index (χ3n) is 3.84. The van der Waals surface area contributed by atoms with Crippen molar-refractivity contribution in [1.82, 2.24) is 0 Å². The van der Waals surface area contributed by atoms with E-state index in [0.29, 0.717) is 15.7 Å². The normalized spacial score (nSPS) is 15.3. The van der Waals surface area contributed by atoms with Crippen molar-refractivity contribution in [1.29, 1.82) is 0 Å². The van der Waals surface area contributed by atoms with Crippen molar-refractivity contribution in [3.63, 3.8) is 0 Å². The lowest BCUT2D eigenvalue weighted by Crippen LogP contribution is -2.30. The molecule has 3 rings (SSSR count). The molecule has 1 heterocycles. The van der Waals surface area contributed by atoms with E-state index in [-0.39, 0.29) is 5.82 Å². The summed E-state index contributed by atoms with van der Waals surface area (Å²) in [5, 5.41) is 1.11. The average molecular weight is 324 g/mol. The zero-order chi connectivity index (χ0) is 14.8. The Morgan fingerprint density at radius 1 is 0.810 bits per heavy atom. The molecule has 1 aliphatic rings. The number of nitrogens with zero attached hydrogens (tertiary/aromatic N) is 1. The Hall–Kier alpha value is -1.25. The molecule has 1 saturated heterocycles. The molecule has 1 aliphatic heterocycles. The Kier molecular flexibility index (Phi) is 4.37. The average Bonchev–Trinajstić information content (AvgIpc) is 2.47. The summed E-state index contributed by atoms with van der Waals surface area (Å²) in [4.78, 5) is 2.12. The number of rotatable bonds is 2. The largest absolute Gasteiger partial charge is 0.369 e. The maximum atomic E-state index is 14.4.